The summed E-state index contributed by atoms with van der Waals surface area (Å²) >= 11 is 0. The van der Waals surface area contributed by atoms with E-state index in [1.54, 1.807) is 0 Å². The van der Waals surface area contributed by atoms with Crippen molar-refractivity contribution >= 4 is 0 Å². The summed E-state index contributed by atoms with van der Waals surface area (Å²) in [6, 6.07) is 0. The summed E-state index contributed by atoms with van der Waals surface area (Å²) in [5.41, 5.74) is 2.85. The Kier molecular flexibility index (Phi) is 10.0. The normalized spacial score (nSPS) is 15.6. The standard InChI is InChI=1S/C18H28/c1-6-10-12-14-16(5)18(13-8-3)17(9-4)15-11-7-2/h6,9-12,14-15,18H,1,7-8,13H2,2-5H3/b12-10-,15-11-,16-14+,17-9+. The van der Waals surface area contributed by atoms with Crippen molar-refractivity contribution in [2.24, 2.45) is 5.92 Å². The van der Waals surface area contributed by atoms with Gasteiger partial charge in [-0.3, -0.25) is 0 Å². The topological polar surface area (TPSA) is 0 Å². The van der Waals surface area contributed by atoms with Crippen molar-refractivity contribution in [3.63, 3.8) is 0 Å². The average Bonchev–Trinajstić information content (AvgIpc) is 2.38. The van der Waals surface area contributed by atoms with Gasteiger partial charge in [-0.1, -0.05) is 75.0 Å². The molecule has 1 atom stereocenters. The minimum absolute atomic E-state index is 0.539. The van der Waals surface area contributed by atoms with Gasteiger partial charge in [0.05, 0.1) is 0 Å². The van der Waals surface area contributed by atoms with Gasteiger partial charge in [-0.25, -0.2) is 0 Å². The van der Waals surface area contributed by atoms with E-state index in [0.29, 0.717) is 5.92 Å². The van der Waals surface area contributed by atoms with Crippen LogP contribution in [0.2, 0.25) is 0 Å². The van der Waals surface area contributed by atoms with Crippen molar-refractivity contribution in [1.82, 2.24) is 0 Å². The molecule has 0 amide bonds. The number of hydrogen-bond donors (Lipinski definition) is 0. The smallest absolute Gasteiger partial charge is 0.00450 e. The minimum atomic E-state index is 0.539. The molecule has 0 radical (unpaired) electrons. The summed E-state index contributed by atoms with van der Waals surface area (Å²) in [6.07, 6.45) is 18.3. The molecule has 0 spiro atoms. The highest BCUT2D eigenvalue weighted by Crippen LogP contribution is 2.26. The Morgan fingerprint density at radius 1 is 1.22 bits per heavy atom. The second-order valence-corrected chi connectivity index (χ2v) is 4.47. The lowest BCUT2D eigenvalue weighted by atomic mass is 9.87. The molecule has 0 aliphatic heterocycles. The quantitative estimate of drug-likeness (QED) is 0.459. The molecular weight excluding hydrogens is 216 g/mol. The lowest BCUT2D eigenvalue weighted by molar-refractivity contribution is 0.636. The third-order valence-corrected chi connectivity index (χ3v) is 3.02. The maximum absolute atomic E-state index is 3.69. The first-order valence-corrected chi connectivity index (χ1v) is 6.99. The van der Waals surface area contributed by atoms with E-state index in [2.05, 4.69) is 64.7 Å². The van der Waals surface area contributed by atoms with Crippen LogP contribution in [0.4, 0.5) is 0 Å². The van der Waals surface area contributed by atoms with Crippen LogP contribution in [-0.4, -0.2) is 0 Å². The minimum Gasteiger partial charge on any atom is -0.0991 e. The van der Waals surface area contributed by atoms with Crippen LogP contribution >= 0.6 is 0 Å². The Morgan fingerprint density at radius 2 is 1.94 bits per heavy atom. The first-order chi connectivity index (χ1) is 8.71. The summed E-state index contributed by atoms with van der Waals surface area (Å²) in [7, 11) is 0. The summed E-state index contributed by atoms with van der Waals surface area (Å²) in [6.45, 7) is 12.5. The summed E-state index contributed by atoms with van der Waals surface area (Å²) < 4.78 is 0. The Bertz CT molecular complexity index is 337. The summed E-state index contributed by atoms with van der Waals surface area (Å²) in [5, 5.41) is 0. The van der Waals surface area contributed by atoms with Crippen LogP contribution in [0.1, 0.15) is 47.0 Å². The van der Waals surface area contributed by atoms with E-state index >= 15 is 0 Å². The molecule has 0 aromatic heterocycles. The Balaban J connectivity index is 5.03. The highest BCUT2D eigenvalue weighted by molar-refractivity contribution is 5.30. The molecule has 0 heteroatoms. The third kappa shape index (κ3) is 6.44. The Hall–Kier alpha value is -1.30. The van der Waals surface area contributed by atoms with Crippen LogP contribution in [0, 0.1) is 5.92 Å². The number of hydrogen-bond acceptors (Lipinski definition) is 0. The maximum Gasteiger partial charge on any atom is 0.00450 e. The summed E-state index contributed by atoms with van der Waals surface area (Å²) in [5.74, 6) is 0.539. The molecule has 0 N–H and O–H groups in total. The van der Waals surface area contributed by atoms with Gasteiger partial charge in [0, 0.05) is 5.92 Å². The fourth-order valence-electron chi connectivity index (χ4n) is 2.02. The average molecular weight is 244 g/mol. The van der Waals surface area contributed by atoms with Crippen molar-refractivity contribution in [3.05, 3.63) is 60.3 Å². The molecule has 0 aromatic carbocycles. The number of allylic oxidation sites excluding steroid dienone is 9. The van der Waals surface area contributed by atoms with Crippen molar-refractivity contribution in [2.75, 3.05) is 0 Å². The van der Waals surface area contributed by atoms with Gasteiger partial charge in [0.25, 0.3) is 0 Å². The molecule has 0 rings (SSSR count). The second kappa shape index (κ2) is 10.8. The van der Waals surface area contributed by atoms with Gasteiger partial charge in [-0.05, 0) is 32.3 Å². The van der Waals surface area contributed by atoms with Crippen LogP contribution < -0.4 is 0 Å². The molecule has 0 aliphatic carbocycles. The molecule has 0 heterocycles. The molecule has 0 bridgehead atoms. The van der Waals surface area contributed by atoms with Gasteiger partial charge in [-0.2, -0.15) is 0 Å². The molecule has 0 saturated carbocycles. The Labute approximate surface area is 113 Å². The van der Waals surface area contributed by atoms with Crippen molar-refractivity contribution in [2.45, 2.75) is 47.0 Å². The molecule has 1 unspecified atom stereocenters. The molecule has 0 saturated heterocycles. The Morgan fingerprint density at radius 3 is 2.44 bits per heavy atom. The summed E-state index contributed by atoms with van der Waals surface area (Å²) in [4.78, 5) is 0. The maximum atomic E-state index is 3.69. The molecule has 100 valence electrons. The largest absolute Gasteiger partial charge is 0.0991 e. The van der Waals surface area contributed by atoms with Gasteiger partial charge in [-0.15, -0.1) is 0 Å². The monoisotopic (exact) mass is 244 g/mol. The van der Waals surface area contributed by atoms with Gasteiger partial charge in [0.15, 0.2) is 0 Å². The highest BCUT2D eigenvalue weighted by atomic mass is 14.2. The van der Waals surface area contributed by atoms with Crippen LogP contribution in [0.15, 0.2) is 60.3 Å². The highest BCUT2D eigenvalue weighted by Gasteiger charge is 2.12. The van der Waals surface area contributed by atoms with Gasteiger partial charge < -0.3 is 0 Å². The van der Waals surface area contributed by atoms with E-state index in [4.69, 9.17) is 0 Å². The molecule has 0 aromatic rings. The lowest BCUT2D eigenvalue weighted by Crippen LogP contribution is -2.04. The molecule has 0 nitrogen and oxygen atoms in total. The predicted octanol–water partition coefficient (Wildman–Crippen LogP) is 6.00. The van der Waals surface area contributed by atoms with Crippen molar-refractivity contribution in [1.29, 1.82) is 0 Å². The number of rotatable bonds is 8. The molecule has 0 aliphatic rings. The first-order valence-electron chi connectivity index (χ1n) is 6.99. The van der Waals surface area contributed by atoms with Gasteiger partial charge >= 0.3 is 0 Å². The predicted molar refractivity (Wildman–Crippen MR) is 84.7 cm³/mol. The van der Waals surface area contributed by atoms with E-state index in [-0.39, 0.29) is 0 Å². The van der Waals surface area contributed by atoms with Crippen molar-refractivity contribution < 1.29 is 0 Å². The van der Waals surface area contributed by atoms with E-state index in [1.165, 1.54) is 24.0 Å². The van der Waals surface area contributed by atoms with E-state index in [0.717, 1.165) is 6.42 Å². The van der Waals surface area contributed by atoms with Crippen LogP contribution in [0.5, 0.6) is 0 Å². The zero-order chi connectivity index (χ0) is 13.8. The molecule has 18 heavy (non-hydrogen) atoms. The molecular formula is C18H28. The third-order valence-electron chi connectivity index (χ3n) is 3.02. The fourth-order valence-corrected chi connectivity index (χ4v) is 2.02. The first kappa shape index (κ1) is 16.7. The van der Waals surface area contributed by atoms with Crippen LogP contribution in [0.3, 0.4) is 0 Å². The van der Waals surface area contributed by atoms with Gasteiger partial charge in [0.2, 0.25) is 0 Å². The van der Waals surface area contributed by atoms with Crippen molar-refractivity contribution in [3.8, 4) is 0 Å². The fraction of sp³-hybridized carbons (Fsp3) is 0.444. The second-order valence-electron chi connectivity index (χ2n) is 4.47. The zero-order valence-electron chi connectivity index (χ0n) is 12.4. The molecule has 0 fully saturated rings. The van der Waals surface area contributed by atoms with E-state index in [9.17, 15) is 0 Å². The van der Waals surface area contributed by atoms with Crippen LogP contribution in [0.25, 0.3) is 0 Å². The lowest BCUT2D eigenvalue weighted by Gasteiger charge is -2.18. The van der Waals surface area contributed by atoms with Gasteiger partial charge in [0.1, 0.15) is 0 Å². The van der Waals surface area contributed by atoms with E-state index in [1.807, 2.05) is 12.2 Å². The van der Waals surface area contributed by atoms with E-state index < -0.39 is 0 Å². The zero-order valence-corrected chi connectivity index (χ0v) is 12.4. The van der Waals surface area contributed by atoms with Crippen LogP contribution in [-0.2, 0) is 0 Å². The SMILES string of the molecule is C=C/C=C\C=C(/C)C(CCC)C(/C=C\CC)=C/C.